The zero-order chi connectivity index (χ0) is 17.6. The maximum absolute atomic E-state index is 12.5. The minimum atomic E-state index is -0.544. The van der Waals surface area contributed by atoms with Crippen LogP contribution in [0.4, 0.5) is 0 Å². The van der Waals surface area contributed by atoms with Gasteiger partial charge in [-0.3, -0.25) is 4.79 Å². The zero-order valence-electron chi connectivity index (χ0n) is 13.6. The number of halogens is 1. The molecular weight excluding hydrogens is 338 g/mol. The number of rotatable bonds is 6. The Labute approximate surface area is 151 Å². The van der Waals surface area contributed by atoms with Crippen LogP contribution in [-0.4, -0.2) is 24.5 Å². The molecule has 5 heteroatoms. The molecule has 3 rings (SSSR count). The van der Waals surface area contributed by atoms with E-state index in [0.29, 0.717) is 16.2 Å². The lowest BCUT2D eigenvalue weighted by Gasteiger charge is -2.09. The minimum Gasteiger partial charge on any atom is -0.452 e. The SMILES string of the molecule is O=C(COC(=O)/C(=C/c1ccccc1)c1ccc(Cl)cc1)NC1CC1. The monoisotopic (exact) mass is 355 g/mol. The predicted molar refractivity (Wildman–Crippen MR) is 97.9 cm³/mol. The number of hydrogen-bond donors (Lipinski definition) is 1. The molecule has 4 nitrogen and oxygen atoms in total. The Morgan fingerprint density at radius 1 is 1.08 bits per heavy atom. The largest absolute Gasteiger partial charge is 0.452 e. The van der Waals surface area contributed by atoms with E-state index in [0.717, 1.165) is 18.4 Å². The molecule has 1 N–H and O–H groups in total. The van der Waals surface area contributed by atoms with Gasteiger partial charge in [-0.25, -0.2) is 4.79 Å². The number of carbonyl (C=O) groups is 2. The van der Waals surface area contributed by atoms with Gasteiger partial charge in [-0.2, -0.15) is 0 Å². The predicted octanol–water partition coefficient (Wildman–Crippen LogP) is 3.70. The average molecular weight is 356 g/mol. The molecule has 0 aliphatic heterocycles. The van der Waals surface area contributed by atoms with Crippen molar-refractivity contribution in [2.75, 3.05) is 6.61 Å². The highest BCUT2D eigenvalue weighted by molar-refractivity contribution is 6.30. The molecule has 1 saturated carbocycles. The Hall–Kier alpha value is -2.59. The van der Waals surface area contributed by atoms with Gasteiger partial charge in [0.1, 0.15) is 0 Å². The summed E-state index contributed by atoms with van der Waals surface area (Å²) in [4.78, 5) is 24.3. The van der Waals surface area contributed by atoms with Crippen molar-refractivity contribution in [3.8, 4) is 0 Å². The van der Waals surface area contributed by atoms with Gasteiger partial charge < -0.3 is 10.1 Å². The maximum Gasteiger partial charge on any atom is 0.339 e. The third-order valence-corrected chi connectivity index (χ3v) is 4.01. The first-order chi connectivity index (χ1) is 12.1. The molecule has 0 aromatic heterocycles. The van der Waals surface area contributed by atoms with Crippen LogP contribution in [0.25, 0.3) is 11.6 Å². The fourth-order valence-electron chi connectivity index (χ4n) is 2.31. The first kappa shape index (κ1) is 17.2. The van der Waals surface area contributed by atoms with Crippen LogP contribution in [0.1, 0.15) is 24.0 Å². The fourth-order valence-corrected chi connectivity index (χ4v) is 2.44. The van der Waals surface area contributed by atoms with E-state index in [-0.39, 0.29) is 18.6 Å². The van der Waals surface area contributed by atoms with Gasteiger partial charge in [0, 0.05) is 11.1 Å². The molecule has 0 spiro atoms. The van der Waals surface area contributed by atoms with Crippen LogP contribution in [0.2, 0.25) is 5.02 Å². The molecular formula is C20H18ClNO3. The number of amides is 1. The van der Waals surface area contributed by atoms with Crippen molar-refractivity contribution in [1.29, 1.82) is 0 Å². The van der Waals surface area contributed by atoms with Crippen molar-refractivity contribution in [3.05, 3.63) is 70.7 Å². The second-order valence-electron chi connectivity index (χ2n) is 5.89. The molecule has 0 bridgehead atoms. The van der Waals surface area contributed by atoms with Gasteiger partial charge in [-0.1, -0.05) is 54.1 Å². The van der Waals surface area contributed by atoms with Crippen LogP contribution >= 0.6 is 11.6 Å². The quantitative estimate of drug-likeness (QED) is 0.488. The summed E-state index contributed by atoms with van der Waals surface area (Å²) in [5.74, 6) is -0.817. The van der Waals surface area contributed by atoms with E-state index in [9.17, 15) is 9.59 Å². The van der Waals surface area contributed by atoms with E-state index in [2.05, 4.69) is 5.32 Å². The van der Waals surface area contributed by atoms with Gasteiger partial charge in [-0.05, 0) is 42.2 Å². The molecule has 2 aromatic rings. The van der Waals surface area contributed by atoms with E-state index < -0.39 is 5.97 Å². The Balaban J connectivity index is 1.77. The highest BCUT2D eigenvalue weighted by Gasteiger charge is 2.24. The Kier molecular flexibility index (Phi) is 5.51. The number of nitrogens with one attached hydrogen (secondary N) is 1. The Morgan fingerprint density at radius 3 is 2.40 bits per heavy atom. The van der Waals surface area contributed by atoms with E-state index >= 15 is 0 Å². The maximum atomic E-state index is 12.5. The normalized spacial score (nSPS) is 14.0. The highest BCUT2D eigenvalue weighted by atomic mass is 35.5. The van der Waals surface area contributed by atoms with Crippen molar-refractivity contribution < 1.29 is 14.3 Å². The van der Waals surface area contributed by atoms with Crippen LogP contribution in [0, 0.1) is 0 Å². The lowest BCUT2D eigenvalue weighted by atomic mass is 10.0. The van der Waals surface area contributed by atoms with Gasteiger partial charge in [0.15, 0.2) is 6.61 Å². The number of ether oxygens (including phenoxy) is 1. The van der Waals surface area contributed by atoms with Crippen molar-refractivity contribution in [1.82, 2.24) is 5.32 Å². The van der Waals surface area contributed by atoms with E-state index in [1.165, 1.54) is 0 Å². The summed E-state index contributed by atoms with van der Waals surface area (Å²) in [7, 11) is 0. The van der Waals surface area contributed by atoms with Crippen molar-refractivity contribution in [2.45, 2.75) is 18.9 Å². The molecule has 0 saturated heterocycles. The van der Waals surface area contributed by atoms with Crippen molar-refractivity contribution in [3.63, 3.8) is 0 Å². The van der Waals surface area contributed by atoms with Crippen LogP contribution in [0.3, 0.4) is 0 Å². The smallest absolute Gasteiger partial charge is 0.339 e. The lowest BCUT2D eigenvalue weighted by molar-refractivity contribution is -0.142. The second-order valence-corrected chi connectivity index (χ2v) is 6.33. The molecule has 25 heavy (non-hydrogen) atoms. The van der Waals surface area contributed by atoms with E-state index in [1.54, 1.807) is 30.3 Å². The molecule has 0 radical (unpaired) electrons. The molecule has 1 amide bonds. The van der Waals surface area contributed by atoms with Crippen LogP contribution in [0.15, 0.2) is 54.6 Å². The molecule has 0 heterocycles. The molecule has 1 aliphatic carbocycles. The van der Waals surface area contributed by atoms with E-state index in [1.807, 2.05) is 30.3 Å². The van der Waals surface area contributed by atoms with Crippen LogP contribution < -0.4 is 5.32 Å². The van der Waals surface area contributed by atoms with Crippen LogP contribution in [-0.2, 0) is 14.3 Å². The van der Waals surface area contributed by atoms with Gasteiger partial charge in [0.25, 0.3) is 5.91 Å². The molecule has 1 fully saturated rings. The van der Waals surface area contributed by atoms with Crippen LogP contribution in [0.5, 0.6) is 0 Å². The summed E-state index contributed by atoms with van der Waals surface area (Å²) < 4.78 is 5.20. The number of benzene rings is 2. The summed E-state index contributed by atoms with van der Waals surface area (Å²) in [5, 5.41) is 3.38. The molecule has 0 unspecified atom stereocenters. The third-order valence-electron chi connectivity index (χ3n) is 3.76. The standard InChI is InChI=1S/C20H18ClNO3/c21-16-8-6-15(7-9-16)18(12-14-4-2-1-3-5-14)20(24)25-13-19(23)22-17-10-11-17/h1-9,12,17H,10-11,13H2,(H,22,23)/b18-12+. The minimum absolute atomic E-state index is 0.238. The summed E-state index contributed by atoms with van der Waals surface area (Å²) in [6.07, 6.45) is 3.72. The summed E-state index contributed by atoms with van der Waals surface area (Å²) >= 11 is 5.92. The second kappa shape index (κ2) is 7.99. The van der Waals surface area contributed by atoms with Gasteiger partial charge in [0.05, 0.1) is 5.57 Å². The molecule has 2 aromatic carbocycles. The molecule has 128 valence electrons. The zero-order valence-corrected chi connectivity index (χ0v) is 14.3. The fraction of sp³-hybridized carbons (Fsp3) is 0.200. The van der Waals surface area contributed by atoms with Gasteiger partial charge in [-0.15, -0.1) is 0 Å². The summed E-state index contributed by atoms with van der Waals surface area (Å²) in [6.45, 7) is -0.283. The number of esters is 1. The third kappa shape index (κ3) is 5.19. The highest BCUT2D eigenvalue weighted by Crippen LogP contribution is 2.22. The summed E-state index contributed by atoms with van der Waals surface area (Å²) in [6, 6.07) is 16.6. The van der Waals surface area contributed by atoms with Gasteiger partial charge in [0.2, 0.25) is 0 Å². The number of carbonyl (C=O) groups excluding carboxylic acids is 2. The van der Waals surface area contributed by atoms with Crippen molar-refractivity contribution >= 4 is 35.1 Å². The topological polar surface area (TPSA) is 55.4 Å². The van der Waals surface area contributed by atoms with Crippen molar-refractivity contribution in [2.24, 2.45) is 0 Å². The lowest BCUT2D eigenvalue weighted by Crippen LogP contribution is -2.30. The van der Waals surface area contributed by atoms with E-state index in [4.69, 9.17) is 16.3 Å². The number of hydrogen-bond acceptors (Lipinski definition) is 3. The Morgan fingerprint density at radius 2 is 1.76 bits per heavy atom. The Bertz CT molecular complexity index is 780. The first-order valence-corrected chi connectivity index (χ1v) is 8.49. The molecule has 1 aliphatic rings. The van der Waals surface area contributed by atoms with Gasteiger partial charge >= 0.3 is 5.97 Å². The molecule has 0 atom stereocenters. The average Bonchev–Trinajstić information content (AvgIpc) is 3.43. The first-order valence-electron chi connectivity index (χ1n) is 8.11. The summed E-state index contributed by atoms with van der Waals surface area (Å²) in [5.41, 5.74) is 1.93.